The molecule has 0 unspecified atom stereocenters. The number of hydrogen-bond donors (Lipinski definition) is 0. The molecular weight excluding hydrogens is 251 g/mol. The Bertz CT molecular complexity index is 450. The van der Waals surface area contributed by atoms with E-state index < -0.39 is 17.2 Å². The van der Waals surface area contributed by atoms with Crippen LogP contribution in [0.3, 0.4) is 0 Å². The number of hydrogen-bond acceptors (Lipinski definition) is 1. The Kier molecular flexibility index (Phi) is 4.62. The fourth-order valence-electron chi connectivity index (χ4n) is 2.40. The summed E-state index contributed by atoms with van der Waals surface area (Å²) < 4.78 is 37.5. The average Bonchev–Trinajstić information content (AvgIpc) is 2.40. The minimum Gasteiger partial charge on any atom is -0.198 e. The van der Waals surface area contributed by atoms with Gasteiger partial charge in [-0.2, -0.15) is 18.4 Å². The first-order chi connectivity index (χ1) is 8.80. The van der Waals surface area contributed by atoms with Crippen LogP contribution in [0.15, 0.2) is 24.3 Å². The first-order valence-electron chi connectivity index (χ1n) is 6.39. The van der Waals surface area contributed by atoms with Crippen molar-refractivity contribution in [2.75, 3.05) is 0 Å². The maximum atomic E-state index is 12.5. The molecule has 0 aromatic heterocycles. The largest absolute Gasteiger partial charge is 0.416 e. The fourth-order valence-corrected chi connectivity index (χ4v) is 2.40. The predicted molar refractivity (Wildman–Crippen MR) is 68.5 cm³/mol. The molecule has 1 aromatic rings. The van der Waals surface area contributed by atoms with E-state index in [9.17, 15) is 18.4 Å². The molecule has 1 rings (SSSR count). The molecule has 1 aromatic carbocycles. The number of rotatable bonds is 4. The second-order valence-electron chi connectivity index (χ2n) is 4.82. The molecule has 104 valence electrons. The Morgan fingerprint density at radius 2 is 1.58 bits per heavy atom. The van der Waals surface area contributed by atoms with Gasteiger partial charge >= 0.3 is 6.18 Å². The molecule has 1 atom stereocenters. The van der Waals surface area contributed by atoms with E-state index in [-0.39, 0.29) is 5.92 Å². The van der Waals surface area contributed by atoms with Gasteiger partial charge in [0.15, 0.2) is 0 Å². The summed E-state index contributed by atoms with van der Waals surface area (Å²) in [6.07, 6.45) is -2.95. The van der Waals surface area contributed by atoms with Crippen molar-refractivity contribution in [1.29, 1.82) is 5.26 Å². The van der Waals surface area contributed by atoms with Crippen LogP contribution >= 0.6 is 0 Å². The maximum Gasteiger partial charge on any atom is 0.416 e. The second-order valence-corrected chi connectivity index (χ2v) is 4.82. The zero-order chi connectivity index (χ0) is 14.7. The highest BCUT2D eigenvalue weighted by Gasteiger charge is 2.35. The molecule has 0 amide bonds. The second kappa shape index (κ2) is 5.64. The van der Waals surface area contributed by atoms with Gasteiger partial charge in [0.1, 0.15) is 0 Å². The lowest BCUT2D eigenvalue weighted by atomic mass is 9.70. The van der Waals surface area contributed by atoms with Crippen molar-refractivity contribution >= 4 is 0 Å². The highest BCUT2D eigenvalue weighted by Crippen LogP contribution is 2.41. The smallest absolute Gasteiger partial charge is 0.198 e. The molecule has 4 heteroatoms. The van der Waals surface area contributed by atoms with Gasteiger partial charge in [0.05, 0.1) is 17.0 Å². The molecule has 0 heterocycles. The predicted octanol–water partition coefficient (Wildman–Crippen LogP) is 5.14. The minimum absolute atomic E-state index is 0.0882. The van der Waals surface area contributed by atoms with Gasteiger partial charge in [-0.15, -0.1) is 0 Å². The summed E-state index contributed by atoms with van der Waals surface area (Å²) in [6, 6.07) is 7.46. The van der Waals surface area contributed by atoms with E-state index in [1.54, 1.807) is 0 Å². The molecule has 0 radical (unpaired) electrons. The van der Waals surface area contributed by atoms with Crippen LogP contribution in [0, 0.1) is 16.7 Å². The zero-order valence-electron chi connectivity index (χ0n) is 11.4. The van der Waals surface area contributed by atoms with Crippen LogP contribution in [-0.2, 0) is 6.18 Å². The number of nitrogens with zero attached hydrogens (tertiary/aromatic N) is 1. The summed E-state index contributed by atoms with van der Waals surface area (Å²) >= 11 is 0. The number of alkyl halides is 3. The van der Waals surface area contributed by atoms with Crippen molar-refractivity contribution in [2.45, 2.75) is 45.7 Å². The molecule has 0 aliphatic heterocycles. The van der Waals surface area contributed by atoms with Gasteiger partial charge in [-0.1, -0.05) is 32.9 Å². The topological polar surface area (TPSA) is 23.8 Å². The van der Waals surface area contributed by atoms with E-state index in [1.165, 1.54) is 12.1 Å². The van der Waals surface area contributed by atoms with Gasteiger partial charge in [0.2, 0.25) is 0 Å². The van der Waals surface area contributed by atoms with E-state index in [1.807, 2.05) is 20.8 Å². The van der Waals surface area contributed by atoms with Crippen molar-refractivity contribution in [1.82, 2.24) is 0 Å². The lowest BCUT2D eigenvalue weighted by Gasteiger charge is -2.31. The SMILES string of the molecule is CCC(C#N)(CC)[C@H](C)c1ccc(C(F)(F)F)cc1. The molecule has 0 fully saturated rings. The van der Waals surface area contributed by atoms with Crippen molar-refractivity contribution < 1.29 is 13.2 Å². The number of benzene rings is 1. The molecule has 0 aliphatic rings. The van der Waals surface area contributed by atoms with E-state index >= 15 is 0 Å². The Balaban J connectivity index is 3.08. The number of halogens is 3. The van der Waals surface area contributed by atoms with Gasteiger partial charge < -0.3 is 0 Å². The molecule has 0 aliphatic carbocycles. The molecule has 19 heavy (non-hydrogen) atoms. The Morgan fingerprint density at radius 1 is 1.11 bits per heavy atom. The van der Waals surface area contributed by atoms with Crippen LogP contribution in [0.1, 0.15) is 50.7 Å². The zero-order valence-corrected chi connectivity index (χ0v) is 11.4. The van der Waals surface area contributed by atoms with Gasteiger partial charge in [0, 0.05) is 0 Å². The highest BCUT2D eigenvalue weighted by molar-refractivity contribution is 5.29. The van der Waals surface area contributed by atoms with Crippen LogP contribution in [0.25, 0.3) is 0 Å². The molecule has 0 saturated carbocycles. The molecule has 0 saturated heterocycles. The first kappa shape index (κ1) is 15.6. The number of nitriles is 1. The molecule has 0 N–H and O–H groups in total. The van der Waals surface area contributed by atoms with Gasteiger partial charge in [0.25, 0.3) is 0 Å². The maximum absolute atomic E-state index is 12.5. The third kappa shape index (κ3) is 3.09. The lowest BCUT2D eigenvalue weighted by Crippen LogP contribution is -2.24. The van der Waals surface area contributed by atoms with Crippen molar-refractivity contribution in [2.24, 2.45) is 5.41 Å². The molecule has 1 nitrogen and oxygen atoms in total. The molecule has 0 spiro atoms. The average molecular weight is 269 g/mol. The summed E-state index contributed by atoms with van der Waals surface area (Å²) in [5, 5.41) is 9.36. The third-order valence-electron chi connectivity index (χ3n) is 4.05. The van der Waals surface area contributed by atoms with Gasteiger partial charge in [-0.05, 0) is 36.5 Å². The monoisotopic (exact) mass is 269 g/mol. The fraction of sp³-hybridized carbons (Fsp3) is 0.533. The van der Waals surface area contributed by atoms with Gasteiger partial charge in [-0.3, -0.25) is 0 Å². The quantitative estimate of drug-likeness (QED) is 0.742. The van der Waals surface area contributed by atoms with Crippen LogP contribution < -0.4 is 0 Å². The standard InChI is InChI=1S/C15H18F3N/c1-4-14(5-2,10-19)11(3)12-6-8-13(9-7-12)15(16,17)18/h6-9,11H,4-5H2,1-3H3/t11-/m1/s1. The third-order valence-corrected chi connectivity index (χ3v) is 4.05. The van der Waals surface area contributed by atoms with Crippen LogP contribution in [-0.4, -0.2) is 0 Å². The molecule has 0 bridgehead atoms. The normalized spacial score (nSPS) is 13.9. The van der Waals surface area contributed by atoms with E-state index in [0.717, 1.165) is 17.7 Å². The van der Waals surface area contributed by atoms with Crippen molar-refractivity contribution in [3.05, 3.63) is 35.4 Å². The summed E-state index contributed by atoms with van der Waals surface area (Å²) in [7, 11) is 0. The van der Waals surface area contributed by atoms with E-state index in [0.29, 0.717) is 12.8 Å². The highest BCUT2D eigenvalue weighted by atomic mass is 19.4. The minimum atomic E-state index is -4.32. The Morgan fingerprint density at radius 3 is 1.89 bits per heavy atom. The summed E-state index contributed by atoms with van der Waals surface area (Å²) in [5.41, 5.74) is -0.392. The summed E-state index contributed by atoms with van der Waals surface area (Å²) in [4.78, 5) is 0. The first-order valence-corrected chi connectivity index (χ1v) is 6.39. The van der Waals surface area contributed by atoms with Crippen molar-refractivity contribution in [3.8, 4) is 6.07 Å². The summed E-state index contributed by atoms with van der Waals surface area (Å²) in [5.74, 6) is -0.0882. The summed E-state index contributed by atoms with van der Waals surface area (Å²) in [6.45, 7) is 5.78. The van der Waals surface area contributed by atoms with E-state index in [4.69, 9.17) is 0 Å². The Hall–Kier alpha value is -1.50. The van der Waals surface area contributed by atoms with Crippen LogP contribution in [0.5, 0.6) is 0 Å². The van der Waals surface area contributed by atoms with Gasteiger partial charge in [-0.25, -0.2) is 0 Å². The lowest BCUT2D eigenvalue weighted by molar-refractivity contribution is -0.137. The van der Waals surface area contributed by atoms with Crippen LogP contribution in [0.4, 0.5) is 13.2 Å². The van der Waals surface area contributed by atoms with Crippen LogP contribution in [0.2, 0.25) is 0 Å². The Labute approximate surface area is 112 Å². The molecular formula is C15H18F3N. The van der Waals surface area contributed by atoms with Crippen molar-refractivity contribution in [3.63, 3.8) is 0 Å². The van der Waals surface area contributed by atoms with E-state index in [2.05, 4.69) is 6.07 Å².